The van der Waals surface area contributed by atoms with Gasteiger partial charge in [0.1, 0.15) is 11.8 Å². The molecule has 0 saturated heterocycles. The minimum absolute atomic E-state index is 0.792. The Labute approximate surface area is 167 Å². The molecule has 1 rings (SSSR count). The fraction of sp³-hybridized carbons (Fsp3) is 0.0370. The maximum Gasteiger partial charge on any atom is 0.222 e. The molecule has 0 unspecified atom stereocenters. The molecule has 0 aliphatic heterocycles. The molecule has 0 aromatic heterocycles. The first kappa shape index (κ1) is 20.8. The van der Waals surface area contributed by atoms with Crippen LogP contribution in [0.15, 0.2) is 36.4 Å². The second kappa shape index (κ2) is 14.2. The second-order valence-electron chi connectivity index (χ2n) is 4.52. The Morgan fingerprint density at radius 3 is 1.43 bits per heavy atom. The molecule has 1 aromatic carbocycles. The summed E-state index contributed by atoms with van der Waals surface area (Å²) < 4.78 is 0. The van der Waals surface area contributed by atoms with E-state index >= 15 is 0 Å². The van der Waals surface area contributed by atoms with Gasteiger partial charge in [-0.2, -0.15) is 0 Å². The first-order valence-corrected chi connectivity index (χ1v) is 7.74. The molecule has 0 radical (unpaired) electrons. The van der Waals surface area contributed by atoms with Crippen molar-refractivity contribution in [1.29, 1.82) is 0 Å². The van der Waals surface area contributed by atoms with Gasteiger partial charge in [0.05, 0.1) is 18.8 Å². The number of hydrogen-bond donors (Lipinski definition) is 0. The number of rotatable bonds is 1. The summed E-state index contributed by atoms with van der Waals surface area (Å²) in [6, 6.07) is 13.4. The van der Waals surface area contributed by atoms with E-state index in [-0.39, 0.29) is 0 Å². The van der Waals surface area contributed by atoms with E-state index in [9.17, 15) is 0 Å². The van der Waals surface area contributed by atoms with E-state index in [4.69, 9.17) is 13.2 Å². The topological polar surface area (TPSA) is 3.24 Å². The summed E-state index contributed by atoms with van der Waals surface area (Å²) >= 11 is 0. The average molecular weight is 349 g/mol. The van der Waals surface area contributed by atoms with Gasteiger partial charge >= 0.3 is 0 Å². The van der Waals surface area contributed by atoms with Gasteiger partial charge in [-0.1, -0.05) is 17.7 Å². The van der Waals surface area contributed by atoms with Crippen LogP contribution in [0.3, 0.4) is 0 Å². The molecule has 1 heteroatoms. The van der Waals surface area contributed by atoms with Crippen LogP contribution in [0.4, 0.5) is 5.69 Å². The highest BCUT2D eigenvalue weighted by atomic mass is 15.1. The van der Waals surface area contributed by atoms with Crippen LogP contribution in [0.5, 0.6) is 0 Å². The predicted molar refractivity (Wildman–Crippen MR) is 114 cm³/mol. The van der Waals surface area contributed by atoms with E-state index in [0.717, 1.165) is 11.3 Å². The Hall–Kier alpha value is -5.20. The van der Waals surface area contributed by atoms with E-state index in [1.54, 1.807) is 0 Å². The molecule has 0 saturated carbocycles. The third kappa shape index (κ3) is 9.83. The molecule has 0 N–H and O–H groups in total. The first-order chi connectivity index (χ1) is 13.8. The zero-order valence-electron chi connectivity index (χ0n) is 15.1. The smallest absolute Gasteiger partial charge is 0.222 e. The fourth-order valence-corrected chi connectivity index (χ4v) is 1.42. The van der Waals surface area contributed by atoms with Gasteiger partial charge < -0.3 is 0 Å². The Balaban J connectivity index is 3.01. The number of allylic oxidation sites excluding steroid dienone is 2. The summed E-state index contributed by atoms with van der Waals surface area (Å²) in [4.78, 5) is 1.52. The Morgan fingerprint density at radius 1 is 0.607 bits per heavy atom. The molecule has 0 aliphatic rings. The summed E-state index contributed by atoms with van der Waals surface area (Å²) in [5.41, 5.74) is 1.92. The Morgan fingerprint density at radius 2 is 1.00 bits per heavy atom. The number of anilines is 1. The molecule has 1 aromatic rings. The van der Waals surface area contributed by atoms with Crippen LogP contribution >= 0.6 is 0 Å². The molecule has 0 aliphatic carbocycles. The maximum absolute atomic E-state index is 5.10. The van der Waals surface area contributed by atoms with E-state index in [2.05, 4.69) is 95.0 Å². The highest BCUT2D eigenvalue weighted by Crippen LogP contribution is 2.13. The lowest BCUT2D eigenvalue weighted by Gasteiger charge is -2.08. The van der Waals surface area contributed by atoms with Gasteiger partial charge in [0.25, 0.3) is 0 Å². The van der Waals surface area contributed by atoms with Crippen LogP contribution in [0.25, 0.3) is 0 Å². The molecule has 0 fully saturated rings. The molecule has 0 atom stereocenters. The van der Waals surface area contributed by atoms with E-state index in [1.165, 1.54) is 17.1 Å². The number of hydrogen-bond acceptors (Lipinski definition) is 1. The van der Waals surface area contributed by atoms with Gasteiger partial charge in [0.15, 0.2) is 11.8 Å². The molecule has 0 amide bonds. The van der Waals surface area contributed by atoms with Gasteiger partial charge in [0, 0.05) is 71.3 Å². The molecule has 28 heavy (non-hydrogen) atoms. The van der Waals surface area contributed by atoms with Crippen LogP contribution in [-0.2, 0) is 0 Å². The summed E-state index contributed by atoms with van der Waals surface area (Å²) in [6.45, 7) is 12.2. The lowest BCUT2D eigenvalue weighted by molar-refractivity contribution is 1.36. The molecular weight excluding hydrogens is 338 g/mol. The van der Waals surface area contributed by atoms with Crippen molar-refractivity contribution in [2.45, 2.75) is 6.92 Å². The van der Waals surface area contributed by atoms with Gasteiger partial charge in [-0.05, 0) is 19.1 Å². The largest absolute Gasteiger partial charge is 0.226 e. The van der Waals surface area contributed by atoms with Crippen LogP contribution in [0.1, 0.15) is 5.56 Å². The summed E-state index contributed by atoms with van der Waals surface area (Å²) in [5, 5.41) is 0. The quantitative estimate of drug-likeness (QED) is 0.428. The summed E-state index contributed by atoms with van der Waals surface area (Å²) in [5.74, 6) is 35.9. The minimum Gasteiger partial charge on any atom is -0.226 e. The Kier molecular flexibility index (Phi) is 10.5. The average Bonchev–Trinajstić information content (AvgIpc) is 2.71. The fourth-order valence-electron chi connectivity index (χ4n) is 1.42. The summed E-state index contributed by atoms with van der Waals surface area (Å²) in [7, 11) is 0. The van der Waals surface area contributed by atoms with Crippen LogP contribution in [0.2, 0.25) is 0 Å². The monoisotopic (exact) mass is 349 g/mol. The summed E-state index contributed by atoms with van der Waals surface area (Å²) in [6.07, 6.45) is 2.42. The molecule has 0 heterocycles. The molecule has 0 bridgehead atoms. The highest BCUT2D eigenvalue weighted by molar-refractivity contribution is 5.60. The van der Waals surface area contributed by atoms with Crippen molar-refractivity contribution in [1.82, 2.24) is 0 Å². The van der Waals surface area contributed by atoms with Crippen molar-refractivity contribution in [2.24, 2.45) is 0 Å². The van der Waals surface area contributed by atoms with Gasteiger partial charge in [-0.25, -0.2) is 4.90 Å². The number of nitrogens with zero attached hydrogens (tertiary/aromatic N) is 1. The Bertz CT molecular complexity index is 1150. The minimum atomic E-state index is 0.792. The molecule has 122 valence electrons. The highest BCUT2D eigenvalue weighted by Gasteiger charge is 1.98. The van der Waals surface area contributed by atoms with Gasteiger partial charge in [-0.15, -0.1) is 0 Å². The molecular formula is C27H11N+2. The van der Waals surface area contributed by atoms with Crippen molar-refractivity contribution in [2.75, 3.05) is 4.90 Å². The molecule has 0 spiro atoms. The standard InChI is InChI=1S/C27H11N/c1-4-6-8-10-12-14-16-18-24-28(27-22-20-26(3)21-23-27)25-19-17-15-13-11-9-7-5-2/h1-2,4-5,20-23H,3H3/q+2. The third-order valence-corrected chi connectivity index (χ3v) is 2.56. The normalized spacial score (nSPS) is 6.11. The van der Waals surface area contributed by atoms with Crippen molar-refractivity contribution >= 4 is 5.69 Å². The predicted octanol–water partition coefficient (Wildman–Crippen LogP) is 2.72. The van der Waals surface area contributed by atoms with Crippen molar-refractivity contribution in [3.8, 4) is 95.0 Å². The second-order valence-corrected chi connectivity index (χ2v) is 4.52. The zero-order chi connectivity index (χ0) is 20.3. The van der Waals surface area contributed by atoms with Gasteiger partial charge in [-0.3, -0.25) is 0 Å². The van der Waals surface area contributed by atoms with E-state index in [0.29, 0.717) is 0 Å². The van der Waals surface area contributed by atoms with Crippen LogP contribution in [0, 0.1) is 115 Å². The van der Waals surface area contributed by atoms with Crippen LogP contribution < -0.4 is 4.90 Å². The van der Waals surface area contributed by atoms with E-state index in [1.807, 2.05) is 31.2 Å². The zero-order valence-corrected chi connectivity index (χ0v) is 15.1. The SMILES string of the molecule is [CH+]=CC#CC#CC#CC#CN(C#CC#CC#CC#CC=[CH+])c1ccc(C)cc1. The lowest BCUT2D eigenvalue weighted by Crippen LogP contribution is -2.08. The first-order valence-electron chi connectivity index (χ1n) is 7.74. The van der Waals surface area contributed by atoms with Crippen molar-refractivity contribution < 1.29 is 0 Å². The maximum atomic E-state index is 5.10. The third-order valence-electron chi connectivity index (χ3n) is 2.56. The lowest BCUT2D eigenvalue weighted by atomic mass is 10.2. The molecule has 1 nitrogen and oxygen atoms in total. The van der Waals surface area contributed by atoms with E-state index < -0.39 is 0 Å². The van der Waals surface area contributed by atoms with Crippen molar-refractivity contribution in [3.63, 3.8) is 0 Å². The number of benzene rings is 1. The van der Waals surface area contributed by atoms with Gasteiger partial charge in [0.2, 0.25) is 12.2 Å². The number of aryl methyl sites for hydroxylation is 1. The van der Waals surface area contributed by atoms with Crippen LogP contribution in [-0.4, -0.2) is 0 Å². The van der Waals surface area contributed by atoms with Crippen molar-refractivity contribution in [3.05, 3.63) is 55.1 Å².